The van der Waals surface area contributed by atoms with Crippen LogP contribution in [0.2, 0.25) is 0 Å². The summed E-state index contributed by atoms with van der Waals surface area (Å²) in [6, 6.07) is 10.8. The Bertz CT molecular complexity index is 962. The van der Waals surface area contributed by atoms with Crippen LogP contribution in [0.5, 0.6) is 5.75 Å². The highest BCUT2D eigenvalue weighted by molar-refractivity contribution is 5.79. The van der Waals surface area contributed by atoms with Gasteiger partial charge in [-0.15, -0.1) is 0 Å². The normalized spacial score (nSPS) is 12.8. The first-order valence-corrected chi connectivity index (χ1v) is 8.36. The van der Waals surface area contributed by atoms with Gasteiger partial charge in [0.2, 0.25) is 0 Å². The SMILES string of the molecule is COc1ccc(CC(=O)O)cc1-c1ccc(C#N)c2c1CN(C(=O)O)CC2. The topological polar surface area (TPSA) is 111 Å². The van der Waals surface area contributed by atoms with Gasteiger partial charge >= 0.3 is 12.1 Å². The molecule has 0 radical (unpaired) electrons. The van der Waals surface area contributed by atoms with Gasteiger partial charge in [-0.05, 0) is 46.9 Å². The van der Waals surface area contributed by atoms with E-state index in [0.29, 0.717) is 35.4 Å². The van der Waals surface area contributed by atoms with Gasteiger partial charge in [0.05, 0.1) is 25.2 Å². The van der Waals surface area contributed by atoms with E-state index >= 15 is 0 Å². The summed E-state index contributed by atoms with van der Waals surface area (Å²) >= 11 is 0. The third-order valence-corrected chi connectivity index (χ3v) is 4.71. The predicted molar refractivity (Wildman–Crippen MR) is 96.6 cm³/mol. The Morgan fingerprint density at radius 3 is 2.59 bits per heavy atom. The molecule has 1 aliphatic heterocycles. The molecule has 1 aliphatic rings. The number of carbonyl (C=O) groups is 2. The number of nitriles is 1. The number of ether oxygens (including phenoxy) is 1. The average Bonchev–Trinajstić information content (AvgIpc) is 2.66. The summed E-state index contributed by atoms with van der Waals surface area (Å²) in [5, 5.41) is 27.8. The van der Waals surface area contributed by atoms with Crippen LogP contribution < -0.4 is 4.74 Å². The number of hydrogen-bond acceptors (Lipinski definition) is 4. The first-order valence-electron chi connectivity index (χ1n) is 8.36. The fraction of sp³-hybridized carbons (Fsp3) is 0.250. The van der Waals surface area contributed by atoms with Crippen LogP contribution in [0.25, 0.3) is 11.1 Å². The molecule has 0 saturated heterocycles. The minimum atomic E-state index is -1.01. The van der Waals surface area contributed by atoms with Crippen LogP contribution in [0.15, 0.2) is 30.3 Å². The van der Waals surface area contributed by atoms with Crippen molar-refractivity contribution in [2.45, 2.75) is 19.4 Å². The van der Waals surface area contributed by atoms with E-state index in [2.05, 4.69) is 6.07 Å². The van der Waals surface area contributed by atoms with E-state index in [1.807, 2.05) is 0 Å². The fourth-order valence-corrected chi connectivity index (χ4v) is 3.45. The lowest BCUT2D eigenvalue weighted by atomic mass is 9.87. The Morgan fingerprint density at radius 1 is 1.19 bits per heavy atom. The van der Waals surface area contributed by atoms with Crippen LogP contribution in [0.1, 0.15) is 22.3 Å². The molecule has 2 N–H and O–H groups in total. The minimum absolute atomic E-state index is 0.128. The summed E-state index contributed by atoms with van der Waals surface area (Å²) in [7, 11) is 1.52. The second-order valence-corrected chi connectivity index (χ2v) is 6.29. The van der Waals surface area contributed by atoms with Crippen molar-refractivity contribution in [3.8, 4) is 22.9 Å². The summed E-state index contributed by atoms with van der Waals surface area (Å²) in [6.07, 6.45) is -0.688. The van der Waals surface area contributed by atoms with Crippen LogP contribution in [-0.4, -0.2) is 40.8 Å². The van der Waals surface area contributed by atoms with Gasteiger partial charge in [-0.2, -0.15) is 5.26 Å². The molecular weight excluding hydrogens is 348 g/mol. The molecule has 3 rings (SSSR count). The van der Waals surface area contributed by atoms with Gasteiger partial charge in [0.15, 0.2) is 0 Å². The number of rotatable bonds is 4. The number of methoxy groups -OCH3 is 1. The molecule has 0 bridgehead atoms. The highest BCUT2D eigenvalue weighted by Crippen LogP contribution is 2.38. The number of carboxylic acid groups (broad SMARTS) is 2. The Kier molecular flexibility index (Phi) is 4.99. The minimum Gasteiger partial charge on any atom is -0.496 e. The Labute approximate surface area is 156 Å². The molecule has 0 saturated carbocycles. The first kappa shape index (κ1) is 18.3. The standard InChI is InChI=1S/C20H18N2O5/c1-27-18-5-2-12(9-19(23)24)8-16(18)15-4-3-13(10-21)14-6-7-22(20(25)26)11-17(14)15/h2-5,8H,6-7,9,11H2,1H3,(H,23,24)(H,25,26). The van der Waals surface area contributed by atoms with Crippen molar-refractivity contribution in [1.29, 1.82) is 5.26 Å². The zero-order valence-electron chi connectivity index (χ0n) is 14.7. The molecule has 138 valence electrons. The third-order valence-electron chi connectivity index (χ3n) is 4.71. The first-order chi connectivity index (χ1) is 12.9. The lowest BCUT2D eigenvalue weighted by Gasteiger charge is -2.29. The van der Waals surface area contributed by atoms with Crippen LogP contribution in [-0.2, 0) is 24.2 Å². The number of amides is 1. The molecule has 0 aliphatic carbocycles. The Balaban J connectivity index is 2.19. The van der Waals surface area contributed by atoms with Crippen molar-refractivity contribution in [3.05, 3.63) is 52.6 Å². The number of benzene rings is 2. The highest BCUT2D eigenvalue weighted by atomic mass is 16.5. The van der Waals surface area contributed by atoms with Gasteiger partial charge in [0, 0.05) is 18.7 Å². The molecule has 2 aromatic carbocycles. The lowest BCUT2D eigenvalue weighted by molar-refractivity contribution is -0.136. The van der Waals surface area contributed by atoms with Crippen molar-refractivity contribution >= 4 is 12.1 Å². The molecule has 1 heterocycles. The maximum absolute atomic E-state index is 11.4. The fourth-order valence-electron chi connectivity index (χ4n) is 3.45. The molecular formula is C20H18N2O5. The number of aliphatic carboxylic acids is 1. The molecule has 1 amide bonds. The summed E-state index contributed by atoms with van der Waals surface area (Å²) in [4.78, 5) is 23.8. The Morgan fingerprint density at radius 2 is 1.96 bits per heavy atom. The van der Waals surface area contributed by atoms with Gasteiger partial charge in [0.25, 0.3) is 0 Å². The lowest BCUT2D eigenvalue weighted by Crippen LogP contribution is -2.35. The summed E-state index contributed by atoms with van der Waals surface area (Å²) in [6.45, 7) is 0.498. The van der Waals surface area contributed by atoms with Crippen molar-refractivity contribution in [2.24, 2.45) is 0 Å². The van der Waals surface area contributed by atoms with Crippen LogP contribution in [0.4, 0.5) is 4.79 Å². The van der Waals surface area contributed by atoms with E-state index in [-0.39, 0.29) is 13.0 Å². The second-order valence-electron chi connectivity index (χ2n) is 6.29. The Hall–Kier alpha value is -3.53. The van der Waals surface area contributed by atoms with Crippen molar-refractivity contribution in [2.75, 3.05) is 13.7 Å². The maximum atomic E-state index is 11.4. The third kappa shape index (κ3) is 3.55. The van der Waals surface area contributed by atoms with Crippen LogP contribution in [0.3, 0.4) is 0 Å². The highest BCUT2D eigenvalue weighted by Gasteiger charge is 2.26. The second kappa shape index (κ2) is 7.38. The van der Waals surface area contributed by atoms with Crippen molar-refractivity contribution in [1.82, 2.24) is 4.90 Å². The quantitative estimate of drug-likeness (QED) is 0.861. The van der Waals surface area contributed by atoms with Crippen LogP contribution in [0, 0.1) is 11.3 Å². The van der Waals surface area contributed by atoms with E-state index < -0.39 is 12.1 Å². The number of carboxylic acids is 1. The number of hydrogen-bond donors (Lipinski definition) is 2. The molecule has 7 heteroatoms. The predicted octanol–water partition coefficient (Wildman–Crippen LogP) is 2.90. The van der Waals surface area contributed by atoms with Crippen LogP contribution >= 0.6 is 0 Å². The zero-order chi connectivity index (χ0) is 19.6. The summed E-state index contributed by atoms with van der Waals surface area (Å²) in [5.74, 6) is -0.381. The van der Waals surface area contributed by atoms with E-state index in [9.17, 15) is 20.0 Å². The molecule has 0 atom stereocenters. The van der Waals surface area contributed by atoms with Gasteiger partial charge < -0.3 is 19.8 Å². The molecule has 0 aromatic heterocycles. The molecule has 7 nitrogen and oxygen atoms in total. The zero-order valence-corrected chi connectivity index (χ0v) is 14.7. The van der Waals surface area contributed by atoms with E-state index in [4.69, 9.17) is 9.84 Å². The molecule has 0 unspecified atom stereocenters. The number of nitrogens with zero attached hydrogens (tertiary/aromatic N) is 2. The van der Waals surface area contributed by atoms with Crippen molar-refractivity contribution in [3.63, 3.8) is 0 Å². The largest absolute Gasteiger partial charge is 0.496 e. The maximum Gasteiger partial charge on any atom is 0.407 e. The molecule has 0 fully saturated rings. The van der Waals surface area contributed by atoms with Crippen molar-refractivity contribution < 1.29 is 24.5 Å². The molecule has 0 spiro atoms. The van der Waals surface area contributed by atoms with Gasteiger partial charge in [-0.3, -0.25) is 4.79 Å². The molecule has 27 heavy (non-hydrogen) atoms. The molecule has 2 aromatic rings. The smallest absolute Gasteiger partial charge is 0.407 e. The van der Waals surface area contributed by atoms with Gasteiger partial charge in [0.1, 0.15) is 5.75 Å². The summed E-state index contributed by atoms with van der Waals surface area (Å²) < 4.78 is 5.44. The number of fused-ring (bicyclic) bond motifs is 1. The van der Waals surface area contributed by atoms with Gasteiger partial charge in [-0.25, -0.2) is 4.79 Å². The van der Waals surface area contributed by atoms with E-state index in [1.165, 1.54) is 12.0 Å². The monoisotopic (exact) mass is 366 g/mol. The van der Waals surface area contributed by atoms with E-state index in [1.54, 1.807) is 30.3 Å². The van der Waals surface area contributed by atoms with E-state index in [0.717, 1.165) is 16.7 Å². The van der Waals surface area contributed by atoms with Gasteiger partial charge in [-0.1, -0.05) is 12.1 Å². The summed E-state index contributed by atoms with van der Waals surface area (Å²) in [5.41, 5.74) is 4.16. The average molecular weight is 366 g/mol.